The molecule has 2 aromatic rings. The first kappa shape index (κ1) is 17.3. The molecule has 1 unspecified atom stereocenters. The molecule has 2 N–H and O–H groups in total. The van der Waals surface area contributed by atoms with Crippen LogP contribution < -0.4 is 15.4 Å². The Morgan fingerprint density at radius 3 is 2.76 bits per heavy atom. The summed E-state index contributed by atoms with van der Waals surface area (Å²) in [6.45, 7) is 3.68. The highest BCUT2D eigenvalue weighted by Gasteiger charge is 2.29. The molecule has 0 fully saturated rings. The summed E-state index contributed by atoms with van der Waals surface area (Å²) in [6, 6.07) is 10.7. The number of fused-ring (bicyclic) bond motifs is 1. The van der Waals surface area contributed by atoms with Gasteiger partial charge in [0.05, 0.1) is 0 Å². The number of hydrogen-bond donors (Lipinski definition) is 2. The van der Waals surface area contributed by atoms with Crippen molar-refractivity contribution in [2.75, 3.05) is 10.6 Å². The molecule has 3 rings (SSSR count). The van der Waals surface area contributed by atoms with Gasteiger partial charge in [-0.15, -0.1) is 0 Å². The van der Waals surface area contributed by atoms with Gasteiger partial charge in [0.2, 0.25) is 5.91 Å². The summed E-state index contributed by atoms with van der Waals surface area (Å²) in [5.41, 5.74) is 3.13. The second kappa shape index (κ2) is 7.15. The van der Waals surface area contributed by atoms with Crippen LogP contribution >= 0.6 is 11.6 Å². The predicted octanol–water partition coefficient (Wildman–Crippen LogP) is 3.94. The summed E-state index contributed by atoms with van der Waals surface area (Å²) >= 11 is 5.98. The van der Waals surface area contributed by atoms with E-state index in [1.807, 2.05) is 25.1 Å². The second-order valence-electron chi connectivity index (χ2n) is 5.98. The van der Waals surface area contributed by atoms with Crippen LogP contribution in [0, 0.1) is 6.92 Å². The van der Waals surface area contributed by atoms with Crippen LogP contribution in [0.2, 0.25) is 5.02 Å². The molecule has 25 heavy (non-hydrogen) atoms. The van der Waals surface area contributed by atoms with E-state index in [4.69, 9.17) is 16.3 Å². The van der Waals surface area contributed by atoms with Crippen LogP contribution in [0.3, 0.4) is 0 Å². The van der Waals surface area contributed by atoms with Crippen molar-refractivity contribution in [3.63, 3.8) is 0 Å². The molecule has 2 amide bonds. The van der Waals surface area contributed by atoms with Gasteiger partial charge in [-0.05, 0) is 48.4 Å². The lowest BCUT2D eigenvalue weighted by Crippen LogP contribution is -2.31. The van der Waals surface area contributed by atoms with Gasteiger partial charge in [0.15, 0.2) is 6.10 Å². The van der Waals surface area contributed by atoms with Crippen LogP contribution in [0.15, 0.2) is 36.4 Å². The molecule has 0 spiro atoms. The van der Waals surface area contributed by atoms with Crippen molar-refractivity contribution in [1.82, 2.24) is 0 Å². The summed E-state index contributed by atoms with van der Waals surface area (Å²) in [5.74, 6) is 0.382. The van der Waals surface area contributed by atoms with Crippen LogP contribution in [0.25, 0.3) is 0 Å². The van der Waals surface area contributed by atoms with Crippen LogP contribution in [-0.2, 0) is 16.0 Å². The average molecular weight is 359 g/mol. The summed E-state index contributed by atoms with van der Waals surface area (Å²) in [4.78, 5) is 24.1. The fourth-order valence-corrected chi connectivity index (χ4v) is 2.86. The number of anilines is 2. The Bertz CT molecular complexity index is 835. The van der Waals surface area contributed by atoms with Crippen molar-refractivity contribution >= 4 is 34.8 Å². The molecule has 6 heteroatoms. The monoisotopic (exact) mass is 358 g/mol. The lowest BCUT2D eigenvalue weighted by molar-refractivity contribution is -0.122. The highest BCUT2D eigenvalue weighted by Crippen LogP contribution is 2.32. The Hall–Kier alpha value is -2.53. The molecular weight excluding hydrogens is 340 g/mol. The number of amides is 2. The molecule has 0 bridgehead atoms. The fraction of sp³-hybridized carbons (Fsp3) is 0.263. The molecule has 0 saturated heterocycles. The highest BCUT2D eigenvalue weighted by molar-refractivity contribution is 6.30. The molecule has 1 aliphatic heterocycles. The molecular formula is C19H19ClN2O3. The Balaban J connectivity index is 1.71. The first-order valence-corrected chi connectivity index (χ1v) is 8.50. The van der Waals surface area contributed by atoms with Crippen molar-refractivity contribution in [3.05, 3.63) is 52.5 Å². The van der Waals surface area contributed by atoms with Gasteiger partial charge in [-0.1, -0.05) is 24.6 Å². The normalized spacial score (nSPS) is 15.2. The van der Waals surface area contributed by atoms with Crippen LogP contribution in [0.1, 0.15) is 24.5 Å². The topological polar surface area (TPSA) is 67.4 Å². The summed E-state index contributed by atoms with van der Waals surface area (Å²) in [6.07, 6.45) is 0.279. The van der Waals surface area contributed by atoms with Gasteiger partial charge in [0, 0.05) is 29.2 Å². The molecule has 1 atom stereocenters. The quantitative estimate of drug-likeness (QED) is 0.869. The SMILES string of the molecule is CCC(=O)Nc1ccc(C)c(NC(=O)C2Cc3cc(Cl)ccc3O2)c1. The molecule has 0 aliphatic carbocycles. The number of carbonyl (C=O) groups excluding carboxylic acids is 2. The van der Waals surface area contributed by atoms with Crippen molar-refractivity contribution in [2.45, 2.75) is 32.8 Å². The number of benzene rings is 2. The van der Waals surface area contributed by atoms with Gasteiger partial charge in [0.25, 0.3) is 5.91 Å². The fourth-order valence-electron chi connectivity index (χ4n) is 2.66. The predicted molar refractivity (Wildman–Crippen MR) is 98.3 cm³/mol. The Labute approximate surface area is 151 Å². The Kier molecular flexibility index (Phi) is 4.95. The van der Waals surface area contributed by atoms with Crippen molar-refractivity contribution in [2.24, 2.45) is 0 Å². The van der Waals surface area contributed by atoms with Gasteiger partial charge >= 0.3 is 0 Å². The van der Waals surface area contributed by atoms with Crippen LogP contribution in [0.4, 0.5) is 11.4 Å². The first-order chi connectivity index (χ1) is 12.0. The van der Waals surface area contributed by atoms with Gasteiger partial charge in [-0.25, -0.2) is 0 Å². The van der Waals surface area contributed by atoms with Crippen LogP contribution in [0.5, 0.6) is 5.75 Å². The molecule has 0 saturated carbocycles. The van der Waals surface area contributed by atoms with Gasteiger partial charge in [0.1, 0.15) is 5.75 Å². The number of aryl methyl sites for hydroxylation is 1. The third-order valence-corrected chi connectivity index (χ3v) is 4.32. The van der Waals surface area contributed by atoms with Gasteiger partial charge in [-0.2, -0.15) is 0 Å². The maximum Gasteiger partial charge on any atom is 0.265 e. The minimum absolute atomic E-state index is 0.0763. The maximum atomic E-state index is 12.6. The van der Waals surface area contributed by atoms with Crippen molar-refractivity contribution in [1.29, 1.82) is 0 Å². The zero-order valence-corrected chi connectivity index (χ0v) is 14.8. The van der Waals surface area contributed by atoms with E-state index in [9.17, 15) is 9.59 Å². The zero-order valence-electron chi connectivity index (χ0n) is 14.1. The van der Waals surface area contributed by atoms with E-state index in [1.165, 1.54) is 0 Å². The van der Waals surface area contributed by atoms with Crippen LogP contribution in [-0.4, -0.2) is 17.9 Å². The van der Waals surface area contributed by atoms with E-state index in [2.05, 4.69) is 10.6 Å². The van der Waals surface area contributed by atoms with Crippen molar-refractivity contribution in [3.8, 4) is 5.75 Å². The van der Waals surface area contributed by atoms with E-state index >= 15 is 0 Å². The average Bonchev–Trinajstić information content (AvgIpc) is 3.01. The van der Waals surface area contributed by atoms with E-state index in [0.29, 0.717) is 35.0 Å². The standard InChI is InChI=1S/C19H19ClN2O3/c1-3-18(23)21-14-6-4-11(2)15(10-14)22-19(24)17-9-12-8-13(20)5-7-16(12)25-17/h4-8,10,17H,3,9H2,1-2H3,(H,21,23)(H,22,24). The van der Waals surface area contributed by atoms with Crippen molar-refractivity contribution < 1.29 is 14.3 Å². The highest BCUT2D eigenvalue weighted by atomic mass is 35.5. The zero-order chi connectivity index (χ0) is 18.0. The lowest BCUT2D eigenvalue weighted by atomic mass is 10.1. The molecule has 1 aliphatic rings. The summed E-state index contributed by atoms with van der Waals surface area (Å²) in [5, 5.41) is 6.29. The number of ether oxygens (including phenoxy) is 1. The van der Waals surface area contributed by atoms with Gasteiger partial charge in [-0.3, -0.25) is 9.59 Å². The van der Waals surface area contributed by atoms with Gasteiger partial charge < -0.3 is 15.4 Å². The minimum atomic E-state index is -0.596. The minimum Gasteiger partial charge on any atom is -0.480 e. The third-order valence-electron chi connectivity index (χ3n) is 4.09. The number of rotatable bonds is 4. The summed E-state index contributed by atoms with van der Waals surface area (Å²) in [7, 11) is 0. The third kappa shape index (κ3) is 3.94. The second-order valence-corrected chi connectivity index (χ2v) is 6.42. The Morgan fingerprint density at radius 1 is 1.20 bits per heavy atom. The molecule has 2 aromatic carbocycles. The van der Waals surface area contributed by atoms with E-state index < -0.39 is 6.10 Å². The number of nitrogens with one attached hydrogen (secondary N) is 2. The molecule has 5 nitrogen and oxygen atoms in total. The Morgan fingerprint density at radius 2 is 2.00 bits per heavy atom. The smallest absolute Gasteiger partial charge is 0.265 e. The van der Waals surface area contributed by atoms with E-state index in [-0.39, 0.29) is 11.8 Å². The molecule has 130 valence electrons. The molecule has 1 heterocycles. The maximum absolute atomic E-state index is 12.6. The van der Waals surface area contributed by atoms with E-state index in [0.717, 1.165) is 11.1 Å². The number of carbonyl (C=O) groups is 2. The molecule has 0 radical (unpaired) electrons. The first-order valence-electron chi connectivity index (χ1n) is 8.12. The molecule has 0 aromatic heterocycles. The lowest BCUT2D eigenvalue weighted by Gasteiger charge is -2.14. The summed E-state index contributed by atoms with van der Waals surface area (Å²) < 4.78 is 5.71. The largest absolute Gasteiger partial charge is 0.480 e. The van der Waals surface area contributed by atoms with E-state index in [1.54, 1.807) is 25.1 Å². The number of hydrogen-bond acceptors (Lipinski definition) is 3. The number of halogens is 1.